The van der Waals surface area contributed by atoms with Gasteiger partial charge >= 0.3 is 0 Å². The third kappa shape index (κ3) is 6.19. The molecule has 166 valence electrons. The molecule has 0 aromatic rings. The van der Waals surface area contributed by atoms with Crippen molar-refractivity contribution >= 4 is 11.9 Å². The molecule has 2 N–H and O–H groups in total. The molecule has 2 aliphatic carbocycles. The lowest BCUT2D eigenvalue weighted by Crippen LogP contribution is -2.46. The van der Waals surface area contributed by atoms with E-state index in [4.69, 9.17) is 15.5 Å². The average Bonchev–Trinajstić information content (AvgIpc) is 2.95. The third-order valence-electron chi connectivity index (χ3n) is 7.27. The minimum absolute atomic E-state index is 0.168. The van der Waals surface area contributed by atoms with Gasteiger partial charge in [-0.15, -0.1) is 0 Å². The van der Waals surface area contributed by atoms with Gasteiger partial charge in [0.2, 0.25) is 0 Å². The van der Waals surface area contributed by atoms with Crippen molar-refractivity contribution in [1.29, 1.82) is 0 Å². The van der Waals surface area contributed by atoms with Crippen LogP contribution in [-0.4, -0.2) is 41.6 Å². The molecule has 3 aliphatic rings. The van der Waals surface area contributed by atoms with E-state index in [2.05, 4.69) is 0 Å². The van der Waals surface area contributed by atoms with Gasteiger partial charge in [-0.05, 0) is 51.4 Å². The van der Waals surface area contributed by atoms with Gasteiger partial charge in [0.05, 0.1) is 6.10 Å². The van der Waals surface area contributed by atoms with Crippen molar-refractivity contribution in [2.45, 2.75) is 115 Å². The zero-order valence-corrected chi connectivity index (χ0v) is 18.8. The Balaban J connectivity index is 1.65. The number of amides is 1. The Kier molecular flexibility index (Phi) is 8.40. The van der Waals surface area contributed by atoms with Crippen molar-refractivity contribution in [3.8, 4) is 0 Å². The predicted octanol–water partition coefficient (Wildman–Crippen LogP) is 5.03. The van der Waals surface area contributed by atoms with Crippen LogP contribution in [0.15, 0.2) is 4.99 Å². The molecule has 0 aromatic heterocycles. The maximum Gasteiger partial charge on any atom is 0.257 e. The van der Waals surface area contributed by atoms with Crippen molar-refractivity contribution < 1.29 is 9.53 Å². The molecule has 1 atom stereocenters. The number of ether oxygens (including phenoxy) is 1. The molecular formula is C24H43N3O2. The first-order valence-corrected chi connectivity index (χ1v) is 12.3. The summed E-state index contributed by atoms with van der Waals surface area (Å²) in [4.78, 5) is 20.3. The molecule has 2 fully saturated rings. The number of carbonyl (C=O) groups is 1. The van der Waals surface area contributed by atoms with Gasteiger partial charge in [-0.2, -0.15) is 0 Å². The van der Waals surface area contributed by atoms with E-state index < -0.39 is 5.54 Å². The van der Waals surface area contributed by atoms with Crippen LogP contribution in [0.3, 0.4) is 0 Å². The number of hydrogen-bond donors (Lipinski definition) is 1. The summed E-state index contributed by atoms with van der Waals surface area (Å²) in [6.07, 6.45) is 17.1. The van der Waals surface area contributed by atoms with E-state index in [1.807, 2.05) is 13.8 Å². The third-order valence-corrected chi connectivity index (χ3v) is 7.27. The Bertz CT molecular complexity index is 550. The first-order chi connectivity index (χ1) is 14.0. The van der Waals surface area contributed by atoms with Gasteiger partial charge in [0.15, 0.2) is 5.96 Å². The van der Waals surface area contributed by atoms with E-state index in [-0.39, 0.29) is 12.0 Å². The monoisotopic (exact) mass is 405 g/mol. The van der Waals surface area contributed by atoms with Gasteiger partial charge in [-0.3, -0.25) is 9.69 Å². The molecule has 2 saturated carbocycles. The number of nitrogens with zero attached hydrogens (tertiary/aromatic N) is 2. The van der Waals surface area contributed by atoms with Crippen molar-refractivity contribution in [3.63, 3.8) is 0 Å². The van der Waals surface area contributed by atoms with E-state index in [1.165, 1.54) is 64.2 Å². The average molecular weight is 406 g/mol. The lowest BCUT2D eigenvalue weighted by molar-refractivity contribution is -0.132. The number of guanidine groups is 1. The van der Waals surface area contributed by atoms with Crippen molar-refractivity contribution in [2.24, 2.45) is 22.6 Å². The lowest BCUT2D eigenvalue weighted by Gasteiger charge is -2.33. The second-order valence-corrected chi connectivity index (χ2v) is 9.98. The van der Waals surface area contributed by atoms with Crippen molar-refractivity contribution in [1.82, 2.24) is 4.90 Å². The first kappa shape index (κ1) is 22.6. The van der Waals surface area contributed by atoms with Crippen LogP contribution in [0, 0.1) is 11.8 Å². The smallest absolute Gasteiger partial charge is 0.257 e. The van der Waals surface area contributed by atoms with Crippen LogP contribution < -0.4 is 5.73 Å². The summed E-state index contributed by atoms with van der Waals surface area (Å²) in [6.45, 7) is 5.36. The van der Waals surface area contributed by atoms with Gasteiger partial charge in [0.1, 0.15) is 5.54 Å². The maximum atomic E-state index is 13.6. The number of rotatable bonds is 10. The lowest BCUT2D eigenvalue weighted by atomic mass is 9.75. The molecule has 0 radical (unpaired) electrons. The molecule has 5 heteroatoms. The molecule has 1 aliphatic heterocycles. The SMILES string of the molecule is CC(C)OCCCN1C(=O)C(CCC2CCCCC2)(CC2CCCCC2)N=C1N. The number of aliphatic imine (C=N–C) groups is 1. The Labute approximate surface area is 177 Å². The van der Waals surface area contributed by atoms with Crippen LogP contribution in [0.4, 0.5) is 0 Å². The fraction of sp³-hybridized carbons (Fsp3) is 0.917. The standard InChI is InChI=1S/C24H43N3O2/c1-19(2)29-17-9-16-27-22(28)24(26-23(27)25,18-21-12-7-4-8-13-21)15-14-20-10-5-3-6-11-20/h19-21H,3-18H2,1-2H3,(H2,25,26). The fourth-order valence-corrected chi connectivity index (χ4v) is 5.63. The van der Waals surface area contributed by atoms with E-state index >= 15 is 0 Å². The summed E-state index contributed by atoms with van der Waals surface area (Å²) in [5, 5.41) is 0. The molecule has 0 aromatic carbocycles. The fourth-order valence-electron chi connectivity index (χ4n) is 5.63. The van der Waals surface area contributed by atoms with Crippen LogP contribution in [0.1, 0.15) is 104 Å². The molecule has 0 bridgehead atoms. The highest BCUT2D eigenvalue weighted by atomic mass is 16.5. The van der Waals surface area contributed by atoms with E-state index in [0.717, 1.165) is 31.6 Å². The maximum absolute atomic E-state index is 13.6. The Morgan fingerprint density at radius 2 is 1.69 bits per heavy atom. The molecule has 3 rings (SSSR count). The largest absolute Gasteiger partial charge is 0.379 e. The normalized spacial score (nSPS) is 27.1. The highest BCUT2D eigenvalue weighted by Gasteiger charge is 2.48. The summed E-state index contributed by atoms with van der Waals surface area (Å²) >= 11 is 0. The van der Waals surface area contributed by atoms with Crippen LogP contribution in [0.5, 0.6) is 0 Å². The summed E-state index contributed by atoms with van der Waals surface area (Å²) in [7, 11) is 0. The van der Waals surface area contributed by atoms with E-state index in [9.17, 15) is 4.79 Å². The Morgan fingerprint density at radius 3 is 2.31 bits per heavy atom. The summed E-state index contributed by atoms with van der Waals surface area (Å²) < 4.78 is 5.65. The van der Waals surface area contributed by atoms with Gasteiger partial charge in [0.25, 0.3) is 5.91 Å². The van der Waals surface area contributed by atoms with Crippen molar-refractivity contribution in [2.75, 3.05) is 13.2 Å². The van der Waals surface area contributed by atoms with E-state index in [1.54, 1.807) is 4.90 Å². The molecule has 1 unspecified atom stereocenters. The number of hydrogen-bond acceptors (Lipinski definition) is 4. The summed E-state index contributed by atoms with van der Waals surface area (Å²) in [6, 6.07) is 0. The first-order valence-electron chi connectivity index (χ1n) is 12.3. The highest BCUT2D eigenvalue weighted by molar-refractivity contribution is 6.06. The molecule has 29 heavy (non-hydrogen) atoms. The highest BCUT2D eigenvalue weighted by Crippen LogP contribution is 2.40. The Hall–Kier alpha value is -1.10. The van der Waals surface area contributed by atoms with Crippen LogP contribution in [0.25, 0.3) is 0 Å². The quantitative estimate of drug-likeness (QED) is 0.518. The molecular weight excluding hydrogens is 362 g/mol. The molecule has 5 nitrogen and oxygen atoms in total. The second kappa shape index (κ2) is 10.8. The summed E-state index contributed by atoms with van der Waals surface area (Å²) in [5.74, 6) is 2.00. The Morgan fingerprint density at radius 1 is 1.07 bits per heavy atom. The van der Waals surface area contributed by atoms with Gasteiger partial charge in [-0.25, -0.2) is 4.99 Å². The summed E-state index contributed by atoms with van der Waals surface area (Å²) in [5.41, 5.74) is 5.72. The van der Waals surface area contributed by atoms with E-state index in [0.29, 0.717) is 25.0 Å². The van der Waals surface area contributed by atoms with Crippen LogP contribution in [0.2, 0.25) is 0 Å². The molecule has 1 amide bonds. The minimum atomic E-state index is -0.595. The van der Waals surface area contributed by atoms with Crippen LogP contribution >= 0.6 is 0 Å². The second-order valence-electron chi connectivity index (χ2n) is 9.98. The van der Waals surface area contributed by atoms with Crippen molar-refractivity contribution in [3.05, 3.63) is 0 Å². The topological polar surface area (TPSA) is 67.9 Å². The van der Waals surface area contributed by atoms with Gasteiger partial charge in [0, 0.05) is 13.2 Å². The van der Waals surface area contributed by atoms with Gasteiger partial charge in [-0.1, -0.05) is 64.2 Å². The zero-order chi connectivity index (χ0) is 20.7. The molecule has 0 saturated heterocycles. The number of nitrogens with two attached hydrogens (primary N) is 1. The predicted molar refractivity (Wildman–Crippen MR) is 119 cm³/mol. The minimum Gasteiger partial charge on any atom is -0.379 e. The van der Waals surface area contributed by atoms with Gasteiger partial charge < -0.3 is 10.5 Å². The number of carbonyl (C=O) groups excluding carboxylic acids is 1. The molecule has 0 spiro atoms. The molecule has 1 heterocycles. The zero-order valence-electron chi connectivity index (χ0n) is 18.8. The van der Waals surface area contributed by atoms with Crippen LogP contribution in [-0.2, 0) is 9.53 Å².